The Hall–Kier alpha value is -1.55. The highest BCUT2D eigenvalue weighted by Crippen LogP contribution is 2.10. The van der Waals surface area contributed by atoms with Gasteiger partial charge in [-0.3, -0.25) is 10.1 Å². The molecule has 92 valence electrons. The first-order valence-electron chi connectivity index (χ1n) is 5.34. The molecule has 0 radical (unpaired) electrons. The molecular formula is C12H15ClN2O2. The van der Waals surface area contributed by atoms with E-state index in [4.69, 9.17) is 11.6 Å². The van der Waals surface area contributed by atoms with Crippen LogP contribution < -0.4 is 10.6 Å². The number of benzene rings is 1. The van der Waals surface area contributed by atoms with Crippen LogP contribution in [-0.4, -0.2) is 17.8 Å². The van der Waals surface area contributed by atoms with Crippen LogP contribution >= 0.6 is 11.6 Å². The fourth-order valence-corrected chi connectivity index (χ4v) is 1.50. The van der Waals surface area contributed by atoms with Gasteiger partial charge in [-0.1, -0.05) is 30.3 Å². The van der Waals surface area contributed by atoms with Gasteiger partial charge in [0.25, 0.3) is 0 Å². The second kappa shape index (κ2) is 6.91. The fraction of sp³-hybridized carbons (Fsp3) is 0.333. The van der Waals surface area contributed by atoms with Crippen molar-refractivity contribution in [2.24, 2.45) is 0 Å². The first-order valence-corrected chi connectivity index (χ1v) is 5.88. The van der Waals surface area contributed by atoms with Gasteiger partial charge in [0, 0.05) is 12.3 Å². The van der Waals surface area contributed by atoms with Crippen molar-refractivity contribution in [1.82, 2.24) is 10.6 Å². The van der Waals surface area contributed by atoms with Gasteiger partial charge in [0.2, 0.25) is 5.91 Å². The minimum Gasteiger partial charge on any atom is -0.331 e. The van der Waals surface area contributed by atoms with E-state index >= 15 is 0 Å². The molecule has 1 aromatic carbocycles. The van der Waals surface area contributed by atoms with Gasteiger partial charge in [-0.15, -0.1) is 11.6 Å². The van der Waals surface area contributed by atoms with E-state index in [1.165, 1.54) is 0 Å². The number of rotatable bonds is 4. The van der Waals surface area contributed by atoms with Crippen molar-refractivity contribution in [3.63, 3.8) is 0 Å². The second-order valence-corrected chi connectivity index (χ2v) is 3.97. The number of urea groups is 1. The van der Waals surface area contributed by atoms with Gasteiger partial charge >= 0.3 is 6.03 Å². The summed E-state index contributed by atoms with van der Waals surface area (Å²) < 4.78 is 0. The number of carbonyl (C=O) groups is 2. The zero-order chi connectivity index (χ0) is 12.7. The monoisotopic (exact) mass is 254 g/mol. The Morgan fingerprint density at radius 1 is 1.29 bits per heavy atom. The van der Waals surface area contributed by atoms with E-state index in [0.717, 1.165) is 5.56 Å². The third-order valence-corrected chi connectivity index (χ3v) is 2.41. The Morgan fingerprint density at radius 3 is 2.53 bits per heavy atom. The molecule has 0 aliphatic carbocycles. The third kappa shape index (κ3) is 4.87. The van der Waals surface area contributed by atoms with Gasteiger partial charge < -0.3 is 5.32 Å². The molecule has 0 bridgehead atoms. The van der Waals surface area contributed by atoms with Gasteiger partial charge in [0.1, 0.15) is 0 Å². The lowest BCUT2D eigenvalue weighted by molar-refractivity contribution is -0.119. The van der Waals surface area contributed by atoms with Crippen molar-refractivity contribution >= 4 is 23.5 Å². The van der Waals surface area contributed by atoms with Crippen molar-refractivity contribution in [2.45, 2.75) is 19.4 Å². The van der Waals surface area contributed by atoms with Crippen molar-refractivity contribution < 1.29 is 9.59 Å². The number of hydrogen-bond donors (Lipinski definition) is 2. The topological polar surface area (TPSA) is 58.2 Å². The van der Waals surface area contributed by atoms with Gasteiger partial charge in [-0.25, -0.2) is 4.79 Å². The molecule has 0 saturated heterocycles. The van der Waals surface area contributed by atoms with Crippen LogP contribution in [-0.2, 0) is 4.79 Å². The van der Waals surface area contributed by atoms with Crippen molar-refractivity contribution in [1.29, 1.82) is 0 Å². The van der Waals surface area contributed by atoms with E-state index in [-0.39, 0.29) is 24.2 Å². The molecule has 1 aromatic rings. The standard InChI is InChI=1S/C12H15ClN2O2/c1-9(10-5-3-2-4-6-10)14-12(17)15-11(16)7-8-13/h2-6,9H,7-8H2,1H3,(H2,14,15,16,17). The zero-order valence-corrected chi connectivity index (χ0v) is 10.3. The third-order valence-electron chi connectivity index (χ3n) is 2.22. The summed E-state index contributed by atoms with van der Waals surface area (Å²) in [6, 6.07) is 8.85. The molecule has 0 saturated carbocycles. The van der Waals surface area contributed by atoms with E-state index < -0.39 is 6.03 Å². The average molecular weight is 255 g/mol. The predicted octanol–water partition coefficient (Wildman–Crippen LogP) is 2.20. The average Bonchev–Trinajstić information content (AvgIpc) is 2.30. The first kappa shape index (κ1) is 13.5. The minimum atomic E-state index is -0.503. The SMILES string of the molecule is CC(NC(=O)NC(=O)CCCl)c1ccccc1. The second-order valence-electron chi connectivity index (χ2n) is 3.59. The van der Waals surface area contributed by atoms with E-state index in [1.54, 1.807) is 0 Å². The van der Waals surface area contributed by atoms with Crippen molar-refractivity contribution in [2.75, 3.05) is 5.88 Å². The molecule has 4 nitrogen and oxygen atoms in total. The number of alkyl halides is 1. The van der Waals surface area contributed by atoms with Crippen molar-refractivity contribution in [3.05, 3.63) is 35.9 Å². The number of hydrogen-bond acceptors (Lipinski definition) is 2. The summed E-state index contributed by atoms with van der Waals surface area (Å²) in [5.41, 5.74) is 0.979. The summed E-state index contributed by atoms with van der Waals surface area (Å²) in [6.07, 6.45) is 0.134. The smallest absolute Gasteiger partial charge is 0.321 e. The van der Waals surface area contributed by atoms with Crippen molar-refractivity contribution in [3.8, 4) is 0 Å². The molecule has 0 heterocycles. The highest BCUT2D eigenvalue weighted by molar-refractivity contribution is 6.19. The van der Waals surface area contributed by atoms with Crippen LogP contribution in [0.2, 0.25) is 0 Å². The molecule has 0 fully saturated rings. The maximum Gasteiger partial charge on any atom is 0.321 e. The molecule has 3 amide bonds. The number of nitrogens with one attached hydrogen (secondary N) is 2. The van der Waals surface area contributed by atoms with Gasteiger partial charge in [0.15, 0.2) is 0 Å². The lowest BCUT2D eigenvalue weighted by Gasteiger charge is -2.14. The highest BCUT2D eigenvalue weighted by atomic mass is 35.5. The number of amides is 3. The summed E-state index contributed by atoms with van der Waals surface area (Å²) in [7, 11) is 0. The fourth-order valence-electron chi connectivity index (χ4n) is 1.33. The Bertz CT molecular complexity index is 381. The van der Waals surface area contributed by atoms with Gasteiger partial charge in [-0.2, -0.15) is 0 Å². The normalized spacial score (nSPS) is 11.6. The summed E-state index contributed by atoms with van der Waals surface area (Å²) in [5.74, 6) is -0.175. The number of carbonyl (C=O) groups excluding carboxylic acids is 2. The molecule has 1 atom stereocenters. The van der Waals surface area contributed by atoms with E-state index in [9.17, 15) is 9.59 Å². The maximum atomic E-state index is 11.4. The molecule has 0 aliphatic heterocycles. The lowest BCUT2D eigenvalue weighted by Crippen LogP contribution is -2.40. The molecule has 1 unspecified atom stereocenters. The summed E-state index contributed by atoms with van der Waals surface area (Å²) in [6.45, 7) is 1.85. The largest absolute Gasteiger partial charge is 0.331 e. The van der Waals surface area contributed by atoms with E-state index in [0.29, 0.717) is 0 Å². The minimum absolute atomic E-state index is 0.134. The number of halogens is 1. The van der Waals surface area contributed by atoms with Gasteiger partial charge in [-0.05, 0) is 12.5 Å². The molecule has 0 aromatic heterocycles. The lowest BCUT2D eigenvalue weighted by atomic mass is 10.1. The molecule has 17 heavy (non-hydrogen) atoms. The molecular weight excluding hydrogens is 240 g/mol. The van der Waals surface area contributed by atoms with Crippen LogP contribution in [0.1, 0.15) is 24.9 Å². The van der Waals surface area contributed by atoms with Crippen LogP contribution in [0.5, 0.6) is 0 Å². The molecule has 2 N–H and O–H groups in total. The van der Waals surface area contributed by atoms with Crippen LogP contribution in [0.15, 0.2) is 30.3 Å². The molecule has 0 spiro atoms. The number of imide groups is 1. The van der Waals surface area contributed by atoms with Crippen LogP contribution in [0.25, 0.3) is 0 Å². The maximum absolute atomic E-state index is 11.4. The van der Waals surface area contributed by atoms with Crippen LogP contribution in [0.4, 0.5) is 4.79 Å². The Balaban J connectivity index is 2.44. The first-order chi connectivity index (χ1) is 8.13. The summed E-state index contributed by atoms with van der Waals surface area (Å²) >= 11 is 5.39. The quantitative estimate of drug-likeness (QED) is 0.810. The van der Waals surface area contributed by atoms with E-state index in [2.05, 4.69) is 10.6 Å². The summed E-state index contributed by atoms with van der Waals surface area (Å²) in [4.78, 5) is 22.5. The molecule has 1 rings (SSSR count). The Kier molecular flexibility index (Phi) is 5.49. The Morgan fingerprint density at radius 2 is 1.94 bits per heavy atom. The Labute approximate surface area is 105 Å². The van der Waals surface area contributed by atoms with Crippen LogP contribution in [0, 0.1) is 0 Å². The summed E-state index contributed by atoms with van der Waals surface area (Å²) in [5, 5.41) is 4.88. The molecule has 5 heteroatoms. The van der Waals surface area contributed by atoms with Crippen LogP contribution in [0.3, 0.4) is 0 Å². The highest BCUT2D eigenvalue weighted by Gasteiger charge is 2.11. The predicted molar refractivity (Wildman–Crippen MR) is 66.9 cm³/mol. The molecule has 0 aliphatic rings. The zero-order valence-electron chi connectivity index (χ0n) is 9.57. The van der Waals surface area contributed by atoms with Gasteiger partial charge in [0.05, 0.1) is 6.04 Å². The van der Waals surface area contributed by atoms with E-state index in [1.807, 2.05) is 37.3 Å².